The number of alkyl halides is 1. The lowest BCUT2D eigenvalue weighted by Gasteiger charge is -2.05. The van der Waals surface area contributed by atoms with Crippen molar-refractivity contribution in [2.75, 3.05) is 16.8 Å². The lowest BCUT2D eigenvalue weighted by Crippen LogP contribution is -2.08. The van der Waals surface area contributed by atoms with E-state index >= 15 is 0 Å². The SMILES string of the molecule is Nc1cc(F)cc(C(=O)CBr)c1N. The summed E-state index contributed by atoms with van der Waals surface area (Å²) in [6.07, 6.45) is 0. The number of hydrogen-bond donors (Lipinski definition) is 2. The average molecular weight is 247 g/mol. The van der Waals surface area contributed by atoms with Crippen molar-refractivity contribution in [2.45, 2.75) is 0 Å². The molecule has 1 rings (SSSR count). The maximum absolute atomic E-state index is 12.8. The maximum atomic E-state index is 12.8. The molecule has 0 unspecified atom stereocenters. The molecule has 1 aromatic rings. The number of Topliss-reactive ketones (excluding diaryl/α,β-unsaturated/α-hetero) is 1. The van der Waals surface area contributed by atoms with Crippen molar-refractivity contribution in [3.05, 3.63) is 23.5 Å². The largest absolute Gasteiger partial charge is 0.397 e. The van der Waals surface area contributed by atoms with Gasteiger partial charge in [-0.25, -0.2) is 4.39 Å². The van der Waals surface area contributed by atoms with Crippen LogP contribution in [0.1, 0.15) is 10.4 Å². The summed E-state index contributed by atoms with van der Waals surface area (Å²) in [5.41, 5.74) is 11.2. The van der Waals surface area contributed by atoms with Crippen LogP contribution < -0.4 is 11.5 Å². The van der Waals surface area contributed by atoms with Crippen LogP contribution in [0.5, 0.6) is 0 Å². The van der Waals surface area contributed by atoms with E-state index in [0.717, 1.165) is 12.1 Å². The Balaban J connectivity index is 3.28. The Labute approximate surface area is 83.0 Å². The first-order chi connectivity index (χ1) is 6.06. The summed E-state index contributed by atoms with van der Waals surface area (Å²) in [6, 6.07) is 2.16. The molecule has 0 atom stereocenters. The van der Waals surface area contributed by atoms with Crippen LogP contribution in [-0.4, -0.2) is 11.1 Å². The Morgan fingerprint density at radius 1 is 1.46 bits per heavy atom. The maximum Gasteiger partial charge on any atom is 0.175 e. The minimum absolute atomic E-state index is 0.0873. The smallest absolute Gasteiger partial charge is 0.175 e. The van der Waals surface area contributed by atoms with Gasteiger partial charge in [0.15, 0.2) is 5.78 Å². The zero-order valence-electron chi connectivity index (χ0n) is 6.68. The van der Waals surface area contributed by atoms with Gasteiger partial charge in [-0.15, -0.1) is 0 Å². The van der Waals surface area contributed by atoms with Gasteiger partial charge in [-0.3, -0.25) is 4.79 Å². The van der Waals surface area contributed by atoms with E-state index in [2.05, 4.69) is 15.9 Å². The fourth-order valence-electron chi connectivity index (χ4n) is 0.942. The van der Waals surface area contributed by atoms with Crippen LogP contribution >= 0.6 is 15.9 Å². The highest BCUT2D eigenvalue weighted by Gasteiger charge is 2.12. The van der Waals surface area contributed by atoms with Gasteiger partial charge >= 0.3 is 0 Å². The minimum atomic E-state index is -0.559. The summed E-state index contributed by atoms with van der Waals surface area (Å²) in [5.74, 6) is -0.847. The number of benzene rings is 1. The number of ketones is 1. The number of anilines is 2. The molecular formula is C8H8BrFN2O. The molecule has 70 valence electrons. The summed E-state index contributed by atoms with van der Waals surface area (Å²) in [5, 5.41) is 0.0973. The van der Waals surface area contributed by atoms with Crippen molar-refractivity contribution in [1.82, 2.24) is 0 Å². The molecule has 0 spiro atoms. The average Bonchev–Trinajstić information content (AvgIpc) is 2.10. The standard InChI is InChI=1S/C8H8BrFN2O/c9-3-7(13)5-1-4(10)2-6(11)8(5)12/h1-2H,3,11-12H2. The van der Waals surface area contributed by atoms with Crippen LogP contribution in [0.4, 0.5) is 15.8 Å². The zero-order chi connectivity index (χ0) is 10.0. The molecule has 0 heterocycles. The molecule has 13 heavy (non-hydrogen) atoms. The fourth-order valence-corrected chi connectivity index (χ4v) is 1.24. The quantitative estimate of drug-likeness (QED) is 0.473. The van der Waals surface area contributed by atoms with Crippen molar-refractivity contribution in [1.29, 1.82) is 0 Å². The predicted molar refractivity (Wildman–Crippen MR) is 53.3 cm³/mol. The van der Waals surface area contributed by atoms with Gasteiger partial charge in [0.2, 0.25) is 0 Å². The third-order valence-electron chi connectivity index (χ3n) is 1.60. The van der Waals surface area contributed by atoms with Crippen LogP contribution in [0.15, 0.2) is 12.1 Å². The molecular weight excluding hydrogens is 239 g/mol. The Hall–Kier alpha value is -1.10. The number of rotatable bonds is 2. The van der Waals surface area contributed by atoms with E-state index in [9.17, 15) is 9.18 Å². The van der Waals surface area contributed by atoms with Crippen LogP contribution in [-0.2, 0) is 0 Å². The molecule has 0 aliphatic heterocycles. The number of nitrogens with two attached hydrogens (primary N) is 2. The second-order valence-electron chi connectivity index (χ2n) is 2.51. The molecule has 0 aromatic heterocycles. The molecule has 0 amide bonds. The van der Waals surface area contributed by atoms with Crippen molar-refractivity contribution in [2.24, 2.45) is 0 Å². The van der Waals surface area contributed by atoms with E-state index in [4.69, 9.17) is 11.5 Å². The summed E-state index contributed by atoms with van der Waals surface area (Å²) in [4.78, 5) is 11.2. The number of carbonyl (C=O) groups excluding carboxylic acids is 1. The summed E-state index contributed by atoms with van der Waals surface area (Å²) < 4.78 is 12.8. The van der Waals surface area contributed by atoms with Crippen molar-refractivity contribution >= 4 is 33.1 Å². The lowest BCUT2D eigenvalue weighted by atomic mass is 10.1. The lowest BCUT2D eigenvalue weighted by molar-refractivity contribution is 0.102. The fraction of sp³-hybridized carbons (Fsp3) is 0.125. The minimum Gasteiger partial charge on any atom is -0.397 e. The molecule has 0 fully saturated rings. The highest BCUT2D eigenvalue weighted by molar-refractivity contribution is 9.09. The number of carbonyl (C=O) groups is 1. The second-order valence-corrected chi connectivity index (χ2v) is 3.07. The Morgan fingerprint density at radius 2 is 2.08 bits per heavy atom. The van der Waals surface area contributed by atoms with Crippen LogP contribution in [0.3, 0.4) is 0 Å². The van der Waals surface area contributed by atoms with Crippen LogP contribution in [0, 0.1) is 5.82 Å². The molecule has 0 aliphatic rings. The Bertz CT molecular complexity index is 354. The number of halogens is 2. The molecule has 0 bridgehead atoms. The van der Waals surface area contributed by atoms with E-state index in [1.54, 1.807) is 0 Å². The Morgan fingerprint density at radius 3 is 2.62 bits per heavy atom. The first kappa shape index (κ1) is 9.98. The monoisotopic (exact) mass is 246 g/mol. The van der Waals surface area contributed by atoms with Crippen molar-refractivity contribution < 1.29 is 9.18 Å². The summed E-state index contributed by atoms with van der Waals surface area (Å²) in [7, 11) is 0. The molecule has 0 saturated carbocycles. The van der Waals surface area contributed by atoms with Gasteiger partial charge in [0.25, 0.3) is 0 Å². The van der Waals surface area contributed by atoms with Gasteiger partial charge in [-0.1, -0.05) is 15.9 Å². The van der Waals surface area contributed by atoms with Gasteiger partial charge in [0.05, 0.1) is 16.7 Å². The summed E-state index contributed by atoms with van der Waals surface area (Å²) >= 11 is 2.97. The van der Waals surface area contributed by atoms with Crippen LogP contribution in [0.2, 0.25) is 0 Å². The summed E-state index contributed by atoms with van der Waals surface area (Å²) in [6.45, 7) is 0. The van der Waals surface area contributed by atoms with E-state index in [1.165, 1.54) is 0 Å². The topological polar surface area (TPSA) is 69.1 Å². The highest BCUT2D eigenvalue weighted by atomic mass is 79.9. The molecule has 0 aliphatic carbocycles. The molecule has 5 heteroatoms. The predicted octanol–water partition coefficient (Wildman–Crippen LogP) is 1.57. The van der Waals surface area contributed by atoms with E-state index < -0.39 is 5.82 Å². The Kier molecular flexibility index (Phi) is 2.87. The molecule has 1 aromatic carbocycles. The van der Waals surface area contributed by atoms with E-state index in [0.29, 0.717) is 0 Å². The first-order valence-electron chi connectivity index (χ1n) is 3.50. The van der Waals surface area contributed by atoms with Crippen LogP contribution in [0.25, 0.3) is 0 Å². The molecule has 4 N–H and O–H groups in total. The van der Waals surface area contributed by atoms with Crippen molar-refractivity contribution in [3.63, 3.8) is 0 Å². The van der Waals surface area contributed by atoms with Gasteiger partial charge in [-0.05, 0) is 12.1 Å². The van der Waals surface area contributed by atoms with E-state index in [1.807, 2.05) is 0 Å². The van der Waals surface area contributed by atoms with Gasteiger partial charge in [0.1, 0.15) is 5.82 Å². The van der Waals surface area contributed by atoms with Crippen molar-refractivity contribution in [3.8, 4) is 0 Å². The third-order valence-corrected chi connectivity index (χ3v) is 2.11. The van der Waals surface area contributed by atoms with Gasteiger partial charge in [-0.2, -0.15) is 0 Å². The molecule has 0 saturated heterocycles. The second kappa shape index (κ2) is 3.74. The third kappa shape index (κ3) is 1.98. The normalized spacial score (nSPS) is 10.0. The van der Waals surface area contributed by atoms with E-state index in [-0.39, 0.29) is 28.1 Å². The number of hydrogen-bond acceptors (Lipinski definition) is 3. The first-order valence-corrected chi connectivity index (χ1v) is 4.62. The van der Waals surface area contributed by atoms with Gasteiger partial charge in [0, 0.05) is 5.56 Å². The highest BCUT2D eigenvalue weighted by Crippen LogP contribution is 2.22. The zero-order valence-corrected chi connectivity index (χ0v) is 8.27. The molecule has 0 radical (unpaired) electrons. The van der Waals surface area contributed by atoms with Gasteiger partial charge < -0.3 is 11.5 Å². The number of nitrogen functional groups attached to an aromatic ring is 2. The molecule has 3 nitrogen and oxygen atoms in total.